The zero-order chi connectivity index (χ0) is 11.9. The lowest BCUT2D eigenvalue weighted by Crippen LogP contribution is -2.40. The molecule has 2 nitrogen and oxygen atoms in total. The molecule has 17 heavy (non-hydrogen) atoms. The number of benzene rings is 1. The fourth-order valence-corrected chi connectivity index (χ4v) is 3.56. The molecule has 0 aliphatic carbocycles. The highest BCUT2D eigenvalue weighted by molar-refractivity contribution is 7.18. The Kier molecular flexibility index (Phi) is 2.64. The van der Waals surface area contributed by atoms with E-state index in [-0.39, 0.29) is 11.2 Å². The minimum Gasteiger partial charge on any atom is -0.316 e. The van der Waals surface area contributed by atoms with Gasteiger partial charge in [0.15, 0.2) is 0 Å². The Labute approximate surface area is 104 Å². The van der Waals surface area contributed by atoms with E-state index in [4.69, 9.17) is 0 Å². The Balaban J connectivity index is 2.05. The van der Waals surface area contributed by atoms with Crippen LogP contribution in [-0.4, -0.2) is 18.1 Å². The SMILES string of the molecule is CC1(c2nc3ccc(F)cc3s2)CCCNC1. The maximum absolute atomic E-state index is 13.2. The molecular formula is C13H15FN2S. The monoisotopic (exact) mass is 250 g/mol. The maximum Gasteiger partial charge on any atom is 0.124 e. The van der Waals surface area contributed by atoms with Crippen molar-refractivity contribution in [3.63, 3.8) is 0 Å². The number of fused-ring (bicyclic) bond motifs is 1. The summed E-state index contributed by atoms with van der Waals surface area (Å²) in [5, 5.41) is 4.55. The van der Waals surface area contributed by atoms with Gasteiger partial charge in [0.2, 0.25) is 0 Å². The maximum atomic E-state index is 13.2. The third-order valence-electron chi connectivity index (χ3n) is 3.46. The summed E-state index contributed by atoms with van der Waals surface area (Å²) in [6, 6.07) is 4.83. The molecule has 1 unspecified atom stereocenters. The molecule has 90 valence electrons. The van der Waals surface area contributed by atoms with Gasteiger partial charge in [0.05, 0.1) is 10.2 Å². The molecular weight excluding hydrogens is 235 g/mol. The molecule has 2 heterocycles. The standard InChI is InChI=1S/C13H15FN2S/c1-13(5-2-6-15-8-13)12-16-10-4-3-9(14)7-11(10)17-12/h3-4,7,15H,2,5-6,8H2,1H3. The molecule has 4 heteroatoms. The second-order valence-corrected chi connectivity index (χ2v) is 6.00. The molecule has 0 saturated carbocycles. The van der Waals surface area contributed by atoms with Crippen LogP contribution in [0.4, 0.5) is 4.39 Å². The summed E-state index contributed by atoms with van der Waals surface area (Å²) in [6.45, 7) is 4.30. The zero-order valence-electron chi connectivity index (χ0n) is 9.79. The van der Waals surface area contributed by atoms with Crippen LogP contribution >= 0.6 is 11.3 Å². The first-order valence-corrected chi connectivity index (χ1v) is 6.76. The molecule has 2 aromatic rings. The molecule has 1 aromatic heterocycles. The highest BCUT2D eigenvalue weighted by Crippen LogP contribution is 2.36. The van der Waals surface area contributed by atoms with Crippen molar-refractivity contribution in [2.75, 3.05) is 13.1 Å². The van der Waals surface area contributed by atoms with Crippen molar-refractivity contribution in [3.05, 3.63) is 29.0 Å². The first-order valence-electron chi connectivity index (χ1n) is 5.95. The number of nitrogens with zero attached hydrogens (tertiary/aromatic N) is 1. The van der Waals surface area contributed by atoms with Crippen molar-refractivity contribution in [3.8, 4) is 0 Å². The van der Waals surface area contributed by atoms with Crippen LogP contribution in [0.5, 0.6) is 0 Å². The van der Waals surface area contributed by atoms with Gasteiger partial charge in [0.1, 0.15) is 10.8 Å². The first kappa shape index (κ1) is 11.1. The Morgan fingerprint density at radius 3 is 3.12 bits per heavy atom. The molecule has 3 rings (SSSR count). The lowest BCUT2D eigenvalue weighted by Gasteiger charge is -2.32. The van der Waals surface area contributed by atoms with Gasteiger partial charge in [-0.2, -0.15) is 0 Å². The van der Waals surface area contributed by atoms with Crippen LogP contribution in [0, 0.1) is 5.82 Å². The fraction of sp³-hybridized carbons (Fsp3) is 0.462. The minimum atomic E-state index is -0.181. The summed E-state index contributed by atoms with van der Waals surface area (Å²) in [7, 11) is 0. The summed E-state index contributed by atoms with van der Waals surface area (Å²) in [6.07, 6.45) is 2.34. The average Bonchev–Trinajstić information content (AvgIpc) is 2.73. The summed E-state index contributed by atoms with van der Waals surface area (Å²) < 4.78 is 14.1. The van der Waals surface area contributed by atoms with Crippen molar-refractivity contribution < 1.29 is 4.39 Å². The van der Waals surface area contributed by atoms with Gasteiger partial charge in [-0.1, -0.05) is 6.92 Å². The number of rotatable bonds is 1. The zero-order valence-corrected chi connectivity index (χ0v) is 10.6. The van der Waals surface area contributed by atoms with E-state index >= 15 is 0 Å². The molecule has 0 bridgehead atoms. The normalized spacial score (nSPS) is 25.3. The average molecular weight is 250 g/mol. The number of hydrogen-bond acceptors (Lipinski definition) is 3. The molecule has 1 saturated heterocycles. The Bertz CT molecular complexity index is 543. The lowest BCUT2D eigenvalue weighted by molar-refractivity contribution is 0.339. The van der Waals surface area contributed by atoms with Crippen LogP contribution in [0.25, 0.3) is 10.2 Å². The molecule has 1 N–H and O–H groups in total. The predicted molar refractivity (Wildman–Crippen MR) is 69.0 cm³/mol. The molecule has 1 atom stereocenters. The van der Waals surface area contributed by atoms with E-state index in [0.717, 1.165) is 34.7 Å². The molecule has 1 fully saturated rings. The van der Waals surface area contributed by atoms with Crippen molar-refractivity contribution in [2.24, 2.45) is 0 Å². The number of thiazole rings is 1. The van der Waals surface area contributed by atoms with Crippen LogP contribution in [0.3, 0.4) is 0 Å². The summed E-state index contributed by atoms with van der Waals surface area (Å²) in [5.41, 5.74) is 1.02. The minimum absolute atomic E-state index is 0.110. The molecule has 1 aliphatic rings. The van der Waals surface area contributed by atoms with E-state index in [0.29, 0.717) is 0 Å². The number of piperidine rings is 1. The van der Waals surface area contributed by atoms with E-state index in [1.54, 1.807) is 23.5 Å². The Morgan fingerprint density at radius 2 is 2.35 bits per heavy atom. The third kappa shape index (κ3) is 1.96. The number of halogens is 1. The summed E-state index contributed by atoms with van der Waals surface area (Å²) in [5.74, 6) is -0.181. The van der Waals surface area contributed by atoms with Gasteiger partial charge in [-0.05, 0) is 37.6 Å². The van der Waals surface area contributed by atoms with Crippen molar-refractivity contribution in [2.45, 2.75) is 25.2 Å². The van der Waals surface area contributed by atoms with Gasteiger partial charge in [0, 0.05) is 12.0 Å². The first-order chi connectivity index (χ1) is 8.17. The van der Waals surface area contributed by atoms with Gasteiger partial charge in [-0.25, -0.2) is 9.37 Å². The topological polar surface area (TPSA) is 24.9 Å². The van der Waals surface area contributed by atoms with Crippen molar-refractivity contribution in [1.29, 1.82) is 0 Å². The van der Waals surface area contributed by atoms with Gasteiger partial charge < -0.3 is 5.32 Å². The Hall–Kier alpha value is -1.00. The van der Waals surface area contributed by atoms with Crippen LogP contribution in [-0.2, 0) is 5.41 Å². The quantitative estimate of drug-likeness (QED) is 0.841. The van der Waals surface area contributed by atoms with Gasteiger partial charge in [-0.15, -0.1) is 11.3 Å². The second kappa shape index (κ2) is 4.03. The Morgan fingerprint density at radius 1 is 1.47 bits per heavy atom. The van der Waals surface area contributed by atoms with E-state index < -0.39 is 0 Å². The molecule has 1 aromatic carbocycles. The number of nitrogens with one attached hydrogen (secondary N) is 1. The van der Waals surface area contributed by atoms with Crippen LogP contribution in [0.15, 0.2) is 18.2 Å². The van der Waals surface area contributed by atoms with E-state index in [9.17, 15) is 4.39 Å². The van der Waals surface area contributed by atoms with Gasteiger partial charge >= 0.3 is 0 Å². The van der Waals surface area contributed by atoms with Gasteiger partial charge in [0.25, 0.3) is 0 Å². The third-order valence-corrected chi connectivity index (χ3v) is 4.79. The lowest BCUT2D eigenvalue weighted by atomic mass is 9.83. The summed E-state index contributed by atoms with van der Waals surface area (Å²) >= 11 is 1.63. The second-order valence-electron chi connectivity index (χ2n) is 4.97. The van der Waals surface area contributed by atoms with Crippen LogP contribution in [0.2, 0.25) is 0 Å². The molecule has 0 amide bonds. The largest absolute Gasteiger partial charge is 0.316 e. The molecule has 0 spiro atoms. The van der Waals surface area contributed by atoms with E-state index in [1.807, 2.05) is 0 Å². The fourth-order valence-electron chi connectivity index (χ4n) is 2.40. The number of hydrogen-bond donors (Lipinski definition) is 1. The van der Waals surface area contributed by atoms with Crippen molar-refractivity contribution in [1.82, 2.24) is 10.3 Å². The van der Waals surface area contributed by atoms with E-state index in [2.05, 4.69) is 17.2 Å². The highest BCUT2D eigenvalue weighted by atomic mass is 32.1. The molecule has 0 radical (unpaired) electrons. The molecule has 1 aliphatic heterocycles. The smallest absolute Gasteiger partial charge is 0.124 e. The highest BCUT2D eigenvalue weighted by Gasteiger charge is 2.31. The predicted octanol–water partition coefficient (Wildman–Crippen LogP) is 3.08. The van der Waals surface area contributed by atoms with Crippen molar-refractivity contribution >= 4 is 21.6 Å². The van der Waals surface area contributed by atoms with Crippen LogP contribution in [0.1, 0.15) is 24.8 Å². The summed E-state index contributed by atoms with van der Waals surface area (Å²) in [4.78, 5) is 4.66. The van der Waals surface area contributed by atoms with E-state index in [1.165, 1.54) is 12.5 Å². The number of aromatic nitrogens is 1. The van der Waals surface area contributed by atoms with Crippen LogP contribution < -0.4 is 5.32 Å². The van der Waals surface area contributed by atoms with Gasteiger partial charge in [-0.3, -0.25) is 0 Å².